The topological polar surface area (TPSA) is 30.5 Å². The summed E-state index contributed by atoms with van der Waals surface area (Å²) in [6.45, 7) is 6.64. The van der Waals surface area contributed by atoms with E-state index in [9.17, 15) is 0 Å². The van der Waals surface area contributed by atoms with Crippen LogP contribution in [-0.4, -0.2) is 19.8 Å². The molecule has 90 valence electrons. The number of benzene rings is 1. The van der Waals surface area contributed by atoms with Crippen LogP contribution in [0, 0.1) is 0 Å². The first-order valence-electron chi connectivity index (χ1n) is 5.35. The number of anilines is 1. The normalized spacial score (nSPS) is 10.4. The van der Waals surface area contributed by atoms with Gasteiger partial charge >= 0.3 is 0 Å². The summed E-state index contributed by atoms with van der Waals surface area (Å²) in [5.41, 5.74) is 0.934. The molecule has 1 aromatic rings. The number of halogens is 1. The SMILES string of the molecule is CCOc1cc(NC(C)C)cc(Cl)c1OC. The third-order valence-corrected chi connectivity index (χ3v) is 2.25. The summed E-state index contributed by atoms with van der Waals surface area (Å²) in [5, 5.41) is 3.83. The minimum Gasteiger partial charge on any atom is -0.491 e. The molecular weight excluding hydrogens is 226 g/mol. The molecule has 0 aliphatic rings. The predicted molar refractivity (Wildman–Crippen MR) is 67.9 cm³/mol. The second-order valence-electron chi connectivity index (χ2n) is 3.72. The molecule has 0 aromatic heterocycles. The van der Waals surface area contributed by atoms with Gasteiger partial charge in [-0.05, 0) is 26.8 Å². The number of hydrogen-bond acceptors (Lipinski definition) is 3. The standard InChI is InChI=1S/C12H18ClNO2/c1-5-16-11-7-9(14-8(2)3)6-10(13)12(11)15-4/h6-8,14H,5H2,1-4H3. The van der Waals surface area contributed by atoms with E-state index < -0.39 is 0 Å². The first-order chi connectivity index (χ1) is 7.58. The Labute approximate surface area is 102 Å². The summed E-state index contributed by atoms with van der Waals surface area (Å²) < 4.78 is 10.7. The molecule has 3 nitrogen and oxygen atoms in total. The average Bonchev–Trinajstić information content (AvgIpc) is 2.16. The highest BCUT2D eigenvalue weighted by atomic mass is 35.5. The summed E-state index contributed by atoms with van der Waals surface area (Å²) >= 11 is 6.11. The molecule has 0 saturated carbocycles. The highest BCUT2D eigenvalue weighted by Crippen LogP contribution is 2.38. The van der Waals surface area contributed by atoms with Gasteiger partial charge in [0, 0.05) is 17.8 Å². The lowest BCUT2D eigenvalue weighted by molar-refractivity contribution is 0.311. The predicted octanol–water partition coefficient (Wildman–Crippen LogP) is 3.57. The van der Waals surface area contributed by atoms with Crippen molar-refractivity contribution in [1.29, 1.82) is 0 Å². The molecule has 4 heteroatoms. The van der Waals surface area contributed by atoms with E-state index in [1.165, 1.54) is 0 Å². The maximum absolute atomic E-state index is 6.11. The van der Waals surface area contributed by atoms with E-state index in [4.69, 9.17) is 21.1 Å². The van der Waals surface area contributed by atoms with Crippen LogP contribution in [0.25, 0.3) is 0 Å². The fraction of sp³-hybridized carbons (Fsp3) is 0.500. The second-order valence-corrected chi connectivity index (χ2v) is 4.13. The maximum Gasteiger partial charge on any atom is 0.179 e. The van der Waals surface area contributed by atoms with E-state index >= 15 is 0 Å². The van der Waals surface area contributed by atoms with Crippen LogP contribution in [0.1, 0.15) is 20.8 Å². The Bertz CT molecular complexity index is 353. The van der Waals surface area contributed by atoms with Crippen molar-refractivity contribution in [2.24, 2.45) is 0 Å². The molecule has 0 fully saturated rings. The third kappa shape index (κ3) is 3.20. The summed E-state index contributed by atoms with van der Waals surface area (Å²) in [7, 11) is 1.58. The molecular formula is C12H18ClNO2. The lowest BCUT2D eigenvalue weighted by Crippen LogP contribution is -2.10. The number of rotatable bonds is 5. The molecule has 0 aliphatic heterocycles. The van der Waals surface area contributed by atoms with Gasteiger partial charge in [0.15, 0.2) is 11.5 Å². The molecule has 0 radical (unpaired) electrons. The molecule has 1 N–H and O–H groups in total. The van der Waals surface area contributed by atoms with Gasteiger partial charge in [0.2, 0.25) is 0 Å². The van der Waals surface area contributed by atoms with Gasteiger partial charge in [-0.3, -0.25) is 0 Å². The quantitative estimate of drug-likeness (QED) is 0.858. The molecule has 1 rings (SSSR count). The van der Waals surface area contributed by atoms with Crippen molar-refractivity contribution in [2.45, 2.75) is 26.8 Å². The Morgan fingerprint density at radius 1 is 1.38 bits per heavy atom. The molecule has 0 heterocycles. The van der Waals surface area contributed by atoms with E-state index in [-0.39, 0.29) is 0 Å². The van der Waals surface area contributed by atoms with E-state index in [1.54, 1.807) is 7.11 Å². The van der Waals surface area contributed by atoms with Gasteiger partial charge in [0.1, 0.15) is 0 Å². The van der Waals surface area contributed by atoms with Crippen LogP contribution in [0.5, 0.6) is 11.5 Å². The zero-order valence-corrected chi connectivity index (χ0v) is 10.9. The highest BCUT2D eigenvalue weighted by molar-refractivity contribution is 6.32. The number of hydrogen-bond donors (Lipinski definition) is 1. The van der Waals surface area contributed by atoms with Crippen LogP contribution in [0.4, 0.5) is 5.69 Å². The zero-order chi connectivity index (χ0) is 12.1. The average molecular weight is 244 g/mol. The molecule has 0 spiro atoms. The Hall–Kier alpha value is -1.09. The minimum atomic E-state index is 0.346. The van der Waals surface area contributed by atoms with Crippen molar-refractivity contribution in [1.82, 2.24) is 0 Å². The lowest BCUT2D eigenvalue weighted by Gasteiger charge is -2.15. The highest BCUT2D eigenvalue weighted by Gasteiger charge is 2.11. The van der Waals surface area contributed by atoms with Gasteiger partial charge in [0.25, 0.3) is 0 Å². The van der Waals surface area contributed by atoms with Crippen molar-refractivity contribution < 1.29 is 9.47 Å². The fourth-order valence-electron chi connectivity index (χ4n) is 1.45. The minimum absolute atomic E-state index is 0.346. The smallest absolute Gasteiger partial charge is 0.179 e. The summed E-state index contributed by atoms with van der Waals surface area (Å²) in [5.74, 6) is 1.25. The number of nitrogens with one attached hydrogen (secondary N) is 1. The van der Waals surface area contributed by atoms with Crippen molar-refractivity contribution in [2.75, 3.05) is 19.0 Å². The van der Waals surface area contributed by atoms with Crippen LogP contribution in [0.3, 0.4) is 0 Å². The molecule has 1 aromatic carbocycles. The van der Waals surface area contributed by atoms with Crippen molar-refractivity contribution in [3.63, 3.8) is 0 Å². The van der Waals surface area contributed by atoms with Gasteiger partial charge < -0.3 is 14.8 Å². The largest absolute Gasteiger partial charge is 0.491 e. The van der Waals surface area contributed by atoms with Gasteiger partial charge in [0.05, 0.1) is 18.7 Å². The van der Waals surface area contributed by atoms with Crippen molar-refractivity contribution >= 4 is 17.3 Å². The molecule has 0 bridgehead atoms. The maximum atomic E-state index is 6.11. The molecule has 0 aliphatic carbocycles. The van der Waals surface area contributed by atoms with Gasteiger partial charge in [-0.1, -0.05) is 11.6 Å². The summed E-state index contributed by atoms with van der Waals surface area (Å²) in [6, 6.07) is 4.08. The van der Waals surface area contributed by atoms with Crippen molar-refractivity contribution in [3.8, 4) is 11.5 Å². The third-order valence-electron chi connectivity index (χ3n) is 1.97. The van der Waals surface area contributed by atoms with E-state index in [1.807, 2.05) is 19.1 Å². The summed E-state index contributed by atoms with van der Waals surface area (Å²) in [4.78, 5) is 0. The van der Waals surface area contributed by atoms with E-state index in [2.05, 4.69) is 19.2 Å². The van der Waals surface area contributed by atoms with Gasteiger partial charge in [-0.25, -0.2) is 0 Å². The van der Waals surface area contributed by atoms with Crippen LogP contribution in [0.15, 0.2) is 12.1 Å². The Balaban J connectivity index is 3.06. The molecule has 16 heavy (non-hydrogen) atoms. The molecule has 0 amide bonds. The first kappa shape index (κ1) is 13.0. The second kappa shape index (κ2) is 5.85. The van der Waals surface area contributed by atoms with Crippen LogP contribution in [0.2, 0.25) is 5.02 Å². The molecule has 0 atom stereocenters. The molecule has 0 saturated heterocycles. The Morgan fingerprint density at radius 2 is 2.06 bits per heavy atom. The fourth-order valence-corrected chi connectivity index (χ4v) is 1.73. The van der Waals surface area contributed by atoms with Gasteiger partial charge in [-0.15, -0.1) is 0 Å². The summed E-state index contributed by atoms with van der Waals surface area (Å²) in [6.07, 6.45) is 0. The van der Waals surface area contributed by atoms with Crippen molar-refractivity contribution in [3.05, 3.63) is 17.2 Å². The zero-order valence-electron chi connectivity index (χ0n) is 10.1. The Kier molecular flexibility index (Phi) is 4.74. The number of ether oxygens (including phenoxy) is 2. The monoisotopic (exact) mass is 243 g/mol. The molecule has 0 unspecified atom stereocenters. The number of methoxy groups -OCH3 is 1. The van der Waals surface area contributed by atoms with Crippen LogP contribution >= 0.6 is 11.6 Å². The van der Waals surface area contributed by atoms with Crippen LogP contribution < -0.4 is 14.8 Å². The van der Waals surface area contributed by atoms with Crippen LogP contribution in [-0.2, 0) is 0 Å². The lowest BCUT2D eigenvalue weighted by atomic mass is 10.2. The van der Waals surface area contributed by atoms with E-state index in [0.29, 0.717) is 29.2 Å². The Morgan fingerprint density at radius 3 is 2.56 bits per heavy atom. The van der Waals surface area contributed by atoms with Gasteiger partial charge in [-0.2, -0.15) is 0 Å². The van der Waals surface area contributed by atoms with E-state index in [0.717, 1.165) is 5.69 Å². The first-order valence-corrected chi connectivity index (χ1v) is 5.73.